The maximum Gasteiger partial charge on any atom is 0.311 e. The highest BCUT2D eigenvalue weighted by atomic mass is 32.2. The summed E-state index contributed by atoms with van der Waals surface area (Å²) in [4.78, 5) is 2.18. The average molecular weight is 297 g/mol. The molecule has 6 heteroatoms. The lowest BCUT2D eigenvalue weighted by Crippen LogP contribution is -2.45. The molecule has 1 aromatic rings. The molecule has 0 radical (unpaired) electrons. The van der Waals surface area contributed by atoms with Gasteiger partial charge in [-0.25, -0.2) is 0 Å². The Morgan fingerprint density at radius 2 is 2.05 bits per heavy atom. The number of hydrogen-bond acceptors (Lipinski definition) is 5. The van der Waals surface area contributed by atoms with Gasteiger partial charge in [0.05, 0.1) is 17.9 Å². The molecular formula is C14H19NO4S. The molecule has 1 aromatic heterocycles. The molecule has 1 aliphatic heterocycles. The molecular weight excluding hydrogens is 278 g/mol. The Bertz CT molecular complexity index is 640. The lowest BCUT2D eigenvalue weighted by Gasteiger charge is -2.37. The van der Waals surface area contributed by atoms with Gasteiger partial charge < -0.3 is 8.60 Å². The molecule has 1 unspecified atom stereocenters. The van der Waals surface area contributed by atoms with Crippen LogP contribution < -0.4 is 0 Å². The molecule has 0 saturated heterocycles. The Balaban J connectivity index is 2.11. The summed E-state index contributed by atoms with van der Waals surface area (Å²) >= 11 is 0. The number of nitrogens with zero attached hydrogens (tertiary/aromatic N) is 1. The summed E-state index contributed by atoms with van der Waals surface area (Å²) in [5, 5.41) is 0. The topological polar surface area (TPSA) is 59.8 Å². The first-order valence-electron chi connectivity index (χ1n) is 7.01. The van der Waals surface area contributed by atoms with E-state index in [4.69, 9.17) is 8.60 Å². The van der Waals surface area contributed by atoms with Crippen LogP contribution in [0, 0.1) is 0 Å². The van der Waals surface area contributed by atoms with E-state index < -0.39 is 10.1 Å². The van der Waals surface area contributed by atoms with E-state index in [2.05, 4.69) is 18.7 Å². The Morgan fingerprint density at radius 1 is 1.30 bits per heavy atom. The third-order valence-electron chi connectivity index (χ3n) is 4.13. The molecule has 20 heavy (non-hydrogen) atoms. The summed E-state index contributed by atoms with van der Waals surface area (Å²) in [6, 6.07) is 1.71. The van der Waals surface area contributed by atoms with E-state index in [-0.39, 0.29) is 11.8 Å². The highest BCUT2D eigenvalue weighted by molar-refractivity contribution is 7.87. The number of likely N-dealkylation sites (N-methyl/N-ethyl adjacent to an activating group) is 1. The van der Waals surface area contributed by atoms with Crippen LogP contribution in [0.15, 0.2) is 22.3 Å². The zero-order chi connectivity index (χ0) is 14.3. The third-order valence-corrected chi connectivity index (χ3v) is 5.28. The first-order chi connectivity index (χ1) is 9.55. The summed E-state index contributed by atoms with van der Waals surface area (Å²) < 4.78 is 34.8. The van der Waals surface area contributed by atoms with Crippen LogP contribution in [0.4, 0.5) is 0 Å². The van der Waals surface area contributed by atoms with Gasteiger partial charge in [-0.3, -0.25) is 4.90 Å². The van der Waals surface area contributed by atoms with Gasteiger partial charge in [-0.05, 0) is 31.1 Å². The Labute approximate surface area is 119 Å². The van der Waals surface area contributed by atoms with E-state index in [0.29, 0.717) is 5.76 Å². The van der Waals surface area contributed by atoms with Gasteiger partial charge in [-0.1, -0.05) is 13.8 Å². The van der Waals surface area contributed by atoms with Gasteiger partial charge >= 0.3 is 10.1 Å². The molecule has 0 N–H and O–H groups in total. The second kappa shape index (κ2) is 4.93. The summed E-state index contributed by atoms with van der Waals surface area (Å²) in [5.74, 6) is 1.36. The van der Waals surface area contributed by atoms with Gasteiger partial charge in [-0.15, -0.1) is 0 Å². The molecule has 1 atom stereocenters. The number of fused-ring (bicyclic) bond motifs is 2. The molecule has 3 rings (SSSR count). The molecule has 0 bridgehead atoms. The van der Waals surface area contributed by atoms with Crippen molar-refractivity contribution in [1.29, 1.82) is 0 Å². The van der Waals surface area contributed by atoms with Gasteiger partial charge in [-0.2, -0.15) is 8.42 Å². The Kier molecular flexibility index (Phi) is 3.38. The van der Waals surface area contributed by atoms with Gasteiger partial charge in [0, 0.05) is 6.42 Å². The van der Waals surface area contributed by atoms with Crippen LogP contribution >= 0.6 is 0 Å². The SMILES string of the molecule is CCN(CC)C1CS(=O)(=O)OC2=C1CCc1occc12. The maximum atomic E-state index is 12.1. The number of rotatable bonds is 3. The van der Waals surface area contributed by atoms with Crippen LogP contribution in [-0.2, 0) is 20.7 Å². The van der Waals surface area contributed by atoms with Crippen LogP contribution in [0.2, 0.25) is 0 Å². The molecule has 0 fully saturated rings. The van der Waals surface area contributed by atoms with Crippen LogP contribution in [0.1, 0.15) is 31.6 Å². The van der Waals surface area contributed by atoms with Crippen molar-refractivity contribution in [2.45, 2.75) is 32.7 Å². The van der Waals surface area contributed by atoms with Crippen molar-refractivity contribution >= 4 is 15.9 Å². The monoisotopic (exact) mass is 297 g/mol. The van der Waals surface area contributed by atoms with Crippen LogP contribution in [-0.4, -0.2) is 38.2 Å². The van der Waals surface area contributed by atoms with Crippen molar-refractivity contribution in [3.63, 3.8) is 0 Å². The van der Waals surface area contributed by atoms with E-state index in [1.807, 2.05) is 0 Å². The van der Waals surface area contributed by atoms with Crippen molar-refractivity contribution < 1.29 is 17.0 Å². The fourth-order valence-electron chi connectivity index (χ4n) is 3.13. The van der Waals surface area contributed by atoms with Gasteiger partial charge in [0.1, 0.15) is 11.5 Å². The van der Waals surface area contributed by atoms with Crippen LogP contribution in [0.25, 0.3) is 5.76 Å². The smallest absolute Gasteiger partial charge is 0.311 e. The third kappa shape index (κ3) is 2.16. The normalized spacial score (nSPS) is 24.2. The summed E-state index contributed by atoms with van der Waals surface area (Å²) in [7, 11) is -3.53. The average Bonchev–Trinajstić information content (AvgIpc) is 2.87. The molecule has 110 valence electrons. The highest BCUT2D eigenvalue weighted by Crippen LogP contribution is 2.40. The quantitative estimate of drug-likeness (QED) is 0.799. The van der Waals surface area contributed by atoms with Crippen LogP contribution in [0.5, 0.6) is 0 Å². The van der Waals surface area contributed by atoms with Crippen molar-refractivity contribution in [3.05, 3.63) is 29.2 Å². The fourth-order valence-corrected chi connectivity index (χ4v) is 4.45. The fraction of sp³-hybridized carbons (Fsp3) is 0.571. The molecule has 2 aliphatic rings. The zero-order valence-corrected chi connectivity index (χ0v) is 12.6. The van der Waals surface area contributed by atoms with E-state index in [9.17, 15) is 8.42 Å². The van der Waals surface area contributed by atoms with Crippen LogP contribution in [0.3, 0.4) is 0 Å². The first-order valence-corrected chi connectivity index (χ1v) is 8.59. The maximum absolute atomic E-state index is 12.1. The lowest BCUT2D eigenvalue weighted by atomic mass is 9.91. The summed E-state index contributed by atoms with van der Waals surface area (Å²) in [6.45, 7) is 5.76. The Hall–Kier alpha value is -1.27. The minimum atomic E-state index is -3.53. The van der Waals surface area contributed by atoms with E-state index in [1.165, 1.54) is 0 Å². The number of hydrogen-bond donors (Lipinski definition) is 0. The lowest BCUT2D eigenvalue weighted by molar-refractivity contribution is 0.243. The van der Waals surface area contributed by atoms with E-state index >= 15 is 0 Å². The predicted octanol–water partition coefficient (Wildman–Crippen LogP) is 2.01. The van der Waals surface area contributed by atoms with Gasteiger partial charge in [0.25, 0.3) is 0 Å². The molecule has 0 saturated carbocycles. The molecule has 0 spiro atoms. The molecule has 1 aliphatic carbocycles. The van der Waals surface area contributed by atoms with Gasteiger partial charge in [0.2, 0.25) is 0 Å². The molecule has 2 heterocycles. The molecule has 5 nitrogen and oxygen atoms in total. The predicted molar refractivity (Wildman–Crippen MR) is 75.5 cm³/mol. The minimum absolute atomic E-state index is 0.0424. The minimum Gasteiger partial charge on any atom is -0.469 e. The van der Waals surface area contributed by atoms with Crippen molar-refractivity contribution in [3.8, 4) is 0 Å². The number of furan rings is 1. The second-order valence-corrected chi connectivity index (χ2v) is 6.77. The van der Waals surface area contributed by atoms with E-state index in [0.717, 1.165) is 42.8 Å². The van der Waals surface area contributed by atoms with Crippen molar-refractivity contribution in [1.82, 2.24) is 4.90 Å². The van der Waals surface area contributed by atoms with Crippen molar-refractivity contribution in [2.75, 3.05) is 18.8 Å². The van der Waals surface area contributed by atoms with Crippen molar-refractivity contribution in [2.24, 2.45) is 0 Å². The Morgan fingerprint density at radius 3 is 2.75 bits per heavy atom. The summed E-state index contributed by atoms with van der Waals surface area (Å²) in [6.07, 6.45) is 3.20. The zero-order valence-electron chi connectivity index (χ0n) is 11.8. The number of aryl methyl sites for hydroxylation is 1. The van der Waals surface area contributed by atoms with Gasteiger partial charge in [0.15, 0.2) is 5.76 Å². The largest absolute Gasteiger partial charge is 0.469 e. The summed E-state index contributed by atoms with van der Waals surface area (Å²) in [5.41, 5.74) is 1.89. The molecule has 0 amide bonds. The van der Waals surface area contributed by atoms with E-state index in [1.54, 1.807) is 12.3 Å². The standard InChI is InChI=1S/C14H19NO4S/c1-3-15(4-2)12-9-20(16,17)19-14-10(12)5-6-13-11(14)7-8-18-13/h7-8,12H,3-6,9H2,1-2H3. The second-order valence-electron chi connectivity index (χ2n) is 5.16. The highest BCUT2D eigenvalue weighted by Gasteiger charge is 2.39. The first kappa shape index (κ1) is 13.7. The molecule has 0 aromatic carbocycles.